The number of hydrogen-bond donors (Lipinski definition) is 0. The van der Waals surface area contributed by atoms with Crippen LogP contribution in [-0.2, 0) is 18.9 Å². The molecule has 28 heavy (non-hydrogen) atoms. The van der Waals surface area contributed by atoms with E-state index in [2.05, 4.69) is 12.1 Å². The van der Waals surface area contributed by atoms with Gasteiger partial charge in [-0.2, -0.15) is 0 Å². The van der Waals surface area contributed by atoms with E-state index < -0.39 is 0 Å². The second kappa shape index (κ2) is 12.4. The zero-order valence-corrected chi connectivity index (χ0v) is 16.1. The summed E-state index contributed by atoms with van der Waals surface area (Å²) in [5, 5.41) is 0. The Bertz CT molecular complexity index is 676. The molecule has 152 valence electrons. The minimum Gasteiger partial charge on any atom is -0.487 e. The summed E-state index contributed by atoms with van der Waals surface area (Å²) in [6.45, 7) is 5.11. The predicted octanol–water partition coefficient (Wildman–Crippen LogP) is 3.19. The molecule has 0 amide bonds. The van der Waals surface area contributed by atoms with E-state index in [0.717, 1.165) is 11.1 Å². The summed E-state index contributed by atoms with van der Waals surface area (Å²) in [6, 6.07) is 16.2. The SMILES string of the molecule is c1ccc(-c2ccc3c(c2)OCCOCCOCCOCCOCCO3)cc1. The van der Waals surface area contributed by atoms with Gasteiger partial charge in [-0.25, -0.2) is 0 Å². The molecule has 0 atom stereocenters. The van der Waals surface area contributed by atoms with Gasteiger partial charge in [-0.1, -0.05) is 36.4 Å². The van der Waals surface area contributed by atoms with Gasteiger partial charge >= 0.3 is 0 Å². The summed E-state index contributed by atoms with van der Waals surface area (Å²) >= 11 is 0. The maximum Gasteiger partial charge on any atom is 0.161 e. The summed E-state index contributed by atoms with van der Waals surface area (Å²) < 4.78 is 33.8. The van der Waals surface area contributed by atoms with Crippen LogP contribution in [0.3, 0.4) is 0 Å². The van der Waals surface area contributed by atoms with Crippen LogP contribution in [0.2, 0.25) is 0 Å². The number of fused-ring (bicyclic) bond motifs is 1. The Labute approximate surface area is 166 Å². The van der Waals surface area contributed by atoms with E-state index in [1.165, 1.54) is 0 Å². The van der Waals surface area contributed by atoms with Crippen LogP contribution in [0.4, 0.5) is 0 Å². The molecular formula is C22H28O6. The molecule has 3 rings (SSSR count). The normalized spacial score (nSPS) is 18.0. The molecule has 2 aromatic carbocycles. The average Bonchev–Trinajstić information content (AvgIpc) is 2.74. The van der Waals surface area contributed by atoms with Crippen molar-refractivity contribution in [2.24, 2.45) is 0 Å². The Balaban J connectivity index is 1.64. The van der Waals surface area contributed by atoms with Gasteiger partial charge in [0.2, 0.25) is 0 Å². The van der Waals surface area contributed by atoms with Gasteiger partial charge in [0, 0.05) is 0 Å². The zero-order valence-electron chi connectivity index (χ0n) is 16.1. The number of ether oxygens (including phenoxy) is 6. The van der Waals surface area contributed by atoms with Crippen LogP contribution in [0.15, 0.2) is 48.5 Å². The van der Waals surface area contributed by atoms with Gasteiger partial charge < -0.3 is 28.4 Å². The van der Waals surface area contributed by atoms with E-state index in [4.69, 9.17) is 28.4 Å². The number of hydrogen-bond acceptors (Lipinski definition) is 6. The van der Waals surface area contributed by atoms with E-state index >= 15 is 0 Å². The zero-order chi connectivity index (χ0) is 19.3. The lowest BCUT2D eigenvalue weighted by atomic mass is 10.1. The van der Waals surface area contributed by atoms with Crippen molar-refractivity contribution >= 4 is 0 Å². The molecule has 0 fully saturated rings. The lowest BCUT2D eigenvalue weighted by molar-refractivity contribution is -0.00841. The maximum absolute atomic E-state index is 5.94. The minimum absolute atomic E-state index is 0.439. The fraction of sp³-hybridized carbons (Fsp3) is 0.455. The fourth-order valence-corrected chi connectivity index (χ4v) is 2.73. The van der Waals surface area contributed by atoms with Crippen molar-refractivity contribution in [2.75, 3.05) is 66.1 Å². The van der Waals surface area contributed by atoms with Crippen molar-refractivity contribution in [1.82, 2.24) is 0 Å². The third-order valence-electron chi connectivity index (χ3n) is 4.14. The summed E-state index contributed by atoms with van der Waals surface area (Å²) in [5.41, 5.74) is 2.21. The number of benzene rings is 2. The summed E-state index contributed by atoms with van der Waals surface area (Å²) in [6.07, 6.45) is 0. The van der Waals surface area contributed by atoms with Crippen LogP contribution in [-0.4, -0.2) is 66.1 Å². The van der Waals surface area contributed by atoms with E-state index in [-0.39, 0.29) is 0 Å². The molecule has 0 bridgehead atoms. The molecule has 0 spiro atoms. The highest BCUT2D eigenvalue weighted by Crippen LogP contribution is 2.32. The van der Waals surface area contributed by atoms with Crippen LogP contribution >= 0.6 is 0 Å². The quantitative estimate of drug-likeness (QED) is 0.748. The Morgan fingerprint density at radius 3 is 1.50 bits per heavy atom. The van der Waals surface area contributed by atoms with Crippen molar-refractivity contribution in [3.63, 3.8) is 0 Å². The average molecular weight is 388 g/mol. The Morgan fingerprint density at radius 1 is 0.429 bits per heavy atom. The fourth-order valence-electron chi connectivity index (χ4n) is 2.73. The first-order valence-electron chi connectivity index (χ1n) is 9.69. The second-order valence-corrected chi connectivity index (χ2v) is 6.17. The largest absolute Gasteiger partial charge is 0.487 e. The lowest BCUT2D eigenvalue weighted by Crippen LogP contribution is -2.16. The first-order chi connectivity index (χ1) is 13.9. The van der Waals surface area contributed by atoms with Crippen molar-refractivity contribution in [1.29, 1.82) is 0 Å². The molecule has 6 heteroatoms. The molecular weight excluding hydrogens is 360 g/mol. The third kappa shape index (κ3) is 7.13. The molecule has 6 nitrogen and oxygen atoms in total. The molecule has 1 heterocycles. The Kier molecular flexibility index (Phi) is 9.10. The highest BCUT2D eigenvalue weighted by Gasteiger charge is 2.09. The Hall–Kier alpha value is -2.12. The van der Waals surface area contributed by atoms with Crippen LogP contribution in [0.5, 0.6) is 11.5 Å². The Morgan fingerprint density at radius 2 is 0.929 bits per heavy atom. The van der Waals surface area contributed by atoms with E-state index in [0.29, 0.717) is 77.6 Å². The van der Waals surface area contributed by atoms with Crippen LogP contribution in [0.1, 0.15) is 0 Å². The highest BCUT2D eigenvalue weighted by molar-refractivity contribution is 5.67. The monoisotopic (exact) mass is 388 g/mol. The molecule has 0 N–H and O–H groups in total. The van der Waals surface area contributed by atoms with Crippen LogP contribution < -0.4 is 9.47 Å². The van der Waals surface area contributed by atoms with Crippen LogP contribution in [0, 0.1) is 0 Å². The van der Waals surface area contributed by atoms with E-state index in [1.54, 1.807) is 0 Å². The molecule has 0 aromatic heterocycles. The van der Waals surface area contributed by atoms with E-state index in [1.807, 2.05) is 36.4 Å². The van der Waals surface area contributed by atoms with Crippen molar-refractivity contribution in [3.05, 3.63) is 48.5 Å². The maximum atomic E-state index is 5.94. The molecule has 1 aliphatic rings. The summed E-state index contributed by atoms with van der Waals surface area (Å²) in [7, 11) is 0. The molecule has 2 aromatic rings. The van der Waals surface area contributed by atoms with Crippen molar-refractivity contribution < 1.29 is 28.4 Å². The lowest BCUT2D eigenvalue weighted by Gasteiger charge is -2.15. The molecule has 0 unspecified atom stereocenters. The highest BCUT2D eigenvalue weighted by atomic mass is 16.6. The van der Waals surface area contributed by atoms with Crippen molar-refractivity contribution in [3.8, 4) is 22.6 Å². The molecule has 0 radical (unpaired) electrons. The minimum atomic E-state index is 0.439. The van der Waals surface area contributed by atoms with Crippen molar-refractivity contribution in [2.45, 2.75) is 0 Å². The smallest absolute Gasteiger partial charge is 0.161 e. The van der Waals surface area contributed by atoms with Gasteiger partial charge in [-0.15, -0.1) is 0 Å². The second-order valence-electron chi connectivity index (χ2n) is 6.17. The molecule has 0 saturated carbocycles. The topological polar surface area (TPSA) is 55.4 Å². The number of rotatable bonds is 1. The van der Waals surface area contributed by atoms with Gasteiger partial charge in [0.1, 0.15) is 13.2 Å². The van der Waals surface area contributed by atoms with Gasteiger partial charge in [-0.05, 0) is 23.3 Å². The van der Waals surface area contributed by atoms with Gasteiger partial charge in [0.05, 0.1) is 52.9 Å². The summed E-state index contributed by atoms with van der Waals surface area (Å²) in [5.74, 6) is 1.40. The predicted molar refractivity (Wildman–Crippen MR) is 106 cm³/mol. The first kappa shape index (κ1) is 20.6. The van der Waals surface area contributed by atoms with Crippen LogP contribution in [0.25, 0.3) is 11.1 Å². The molecule has 1 aliphatic heterocycles. The third-order valence-corrected chi connectivity index (χ3v) is 4.14. The van der Waals surface area contributed by atoms with Gasteiger partial charge in [-0.3, -0.25) is 0 Å². The van der Waals surface area contributed by atoms with Gasteiger partial charge in [0.15, 0.2) is 11.5 Å². The molecule has 0 aliphatic carbocycles. The standard InChI is InChI=1S/C22H28O6/c1-2-4-19(5-3-1)20-6-7-21-22(18-20)28-17-15-26-13-11-24-9-8-23-10-12-25-14-16-27-21/h1-7,18H,8-17H2. The molecule has 0 saturated heterocycles. The van der Waals surface area contributed by atoms with E-state index in [9.17, 15) is 0 Å². The van der Waals surface area contributed by atoms with Gasteiger partial charge in [0.25, 0.3) is 0 Å². The first-order valence-corrected chi connectivity index (χ1v) is 9.69. The summed E-state index contributed by atoms with van der Waals surface area (Å²) in [4.78, 5) is 0.